The Morgan fingerprint density at radius 2 is 1.71 bits per heavy atom. The Bertz CT molecular complexity index is 929. The Kier molecular flexibility index (Phi) is 6.41. The maximum absolute atomic E-state index is 12.4. The molecule has 1 heterocycles. The van der Waals surface area contributed by atoms with Gasteiger partial charge in [-0.05, 0) is 37.3 Å². The Labute approximate surface area is 163 Å². The number of para-hydroxylation sites is 3. The lowest BCUT2D eigenvalue weighted by atomic mass is 10.2. The normalized spacial score (nSPS) is 10.2. The van der Waals surface area contributed by atoms with E-state index >= 15 is 0 Å². The molecule has 0 aliphatic carbocycles. The molecule has 0 saturated carbocycles. The highest BCUT2D eigenvalue weighted by atomic mass is 16.5. The van der Waals surface area contributed by atoms with Gasteiger partial charge in [-0.1, -0.05) is 30.3 Å². The molecule has 0 unspecified atom stereocenters. The van der Waals surface area contributed by atoms with Crippen LogP contribution in [0.1, 0.15) is 23.0 Å². The van der Waals surface area contributed by atoms with Crippen molar-refractivity contribution in [3.63, 3.8) is 0 Å². The first-order valence-electron chi connectivity index (χ1n) is 8.94. The number of hydrogen-bond donors (Lipinski definition) is 2. The van der Waals surface area contributed by atoms with E-state index in [-0.39, 0.29) is 11.6 Å². The number of methoxy groups -OCH3 is 1. The van der Waals surface area contributed by atoms with E-state index in [1.807, 2.05) is 43.3 Å². The average Bonchev–Trinajstić information content (AvgIpc) is 2.74. The van der Waals surface area contributed by atoms with Crippen LogP contribution in [0.3, 0.4) is 0 Å². The van der Waals surface area contributed by atoms with Gasteiger partial charge in [0.15, 0.2) is 5.69 Å². The first-order chi connectivity index (χ1) is 13.7. The number of rotatable bonds is 8. The number of amides is 1. The van der Waals surface area contributed by atoms with Crippen LogP contribution in [0.5, 0.6) is 11.5 Å². The van der Waals surface area contributed by atoms with E-state index in [9.17, 15) is 4.79 Å². The number of carbonyl (C=O) groups is 1. The smallest absolute Gasteiger partial charge is 0.276 e. The highest BCUT2D eigenvalue weighted by molar-refractivity contribution is 6.03. The summed E-state index contributed by atoms with van der Waals surface area (Å²) in [4.78, 5) is 12.4. The van der Waals surface area contributed by atoms with E-state index in [0.29, 0.717) is 30.4 Å². The lowest BCUT2D eigenvalue weighted by Crippen LogP contribution is -2.15. The minimum Gasteiger partial charge on any atom is -0.496 e. The Balaban J connectivity index is 1.63. The van der Waals surface area contributed by atoms with Gasteiger partial charge in [-0.3, -0.25) is 4.79 Å². The summed E-state index contributed by atoms with van der Waals surface area (Å²) in [6, 6.07) is 18.3. The molecule has 0 fully saturated rings. The van der Waals surface area contributed by atoms with Crippen molar-refractivity contribution < 1.29 is 14.3 Å². The van der Waals surface area contributed by atoms with E-state index in [2.05, 4.69) is 20.8 Å². The van der Waals surface area contributed by atoms with E-state index in [1.54, 1.807) is 31.4 Å². The molecule has 28 heavy (non-hydrogen) atoms. The number of carbonyl (C=O) groups excluding carboxylic acids is 1. The van der Waals surface area contributed by atoms with Crippen LogP contribution < -0.4 is 20.1 Å². The molecule has 2 N–H and O–H groups in total. The van der Waals surface area contributed by atoms with Crippen molar-refractivity contribution in [1.29, 1.82) is 0 Å². The SMILES string of the molecule is CCOc1ccccc1NC(=O)c1ccc(NCc2ccccc2OC)nn1. The predicted molar refractivity (Wildman–Crippen MR) is 108 cm³/mol. The molecule has 0 atom stereocenters. The first-order valence-corrected chi connectivity index (χ1v) is 8.94. The van der Waals surface area contributed by atoms with Crippen molar-refractivity contribution in [2.45, 2.75) is 13.5 Å². The van der Waals surface area contributed by atoms with Gasteiger partial charge in [0.05, 0.1) is 19.4 Å². The number of nitrogens with zero attached hydrogens (tertiary/aromatic N) is 2. The third kappa shape index (κ3) is 4.76. The summed E-state index contributed by atoms with van der Waals surface area (Å²) >= 11 is 0. The van der Waals surface area contributed by atoms with Gasteiger partial charge in [0.2, 0.25) is 0 Å². The average molecular weight is 378 g/mol. The molecule has 3 rings (SSSR count). The number of ether oxygens (including phenoxy) is 2. The maximum atomic E-state index is 12.4. The topological polar surface area (TPSA) is 85.4 Å². The summed E-state index contributed by atoms with van der Waals surface area (Å²) in [5.74, 6) is 1.63. The zero-order valence-electron chi connectivity index (χ0n) is 15.8. The minimum absolute atomic E-state index is 0.217. The molecule has 7 heteroatoms. The molecule has 1 aromatic heterocycles. The van der Waals surface area contributed by atoms with Crippen molar-refractivity contribution in [1.82, 2.24) is 10.2 Å². The van der Waals surface area contributed by atoms with Crippen molar-refractivity contribution >= 4 is 17.4 Å². The molecule has 0 bridgehead atoms. The quantitative estimate of drug-likeness (QED) is 0.621. The van der Waals surface area contributed by atoms with E-state index in [4.69, 9.17) is 9.47 Å². The zero-order chi connectivity index (χ0) is 19.8. The van der Waals surface area contributed by atoms with E-state index < -0.39 is 0 Å². The third-order valence-corrected chi connectivity index (χ3v) is 3.98. The molecule has 0 saturated heterocycles. The van der Waals surface area contributed by atoms with Gasteiger partial charge in [0.1, 0.15) is 17.3 Å². The minimum atomic E-state index is -0.351. The molecule has 0 aliphatic rings. The van der Waals surface area contributed by atoms with Gasteiger partial charge in [-0.25, -0.2) is 0 Å². The lowest BCUT2D eigenvalue weighted by molar-refractivity contribution is 0.102. The molecule has 0 aliphatic heterocycles. The summed E-state index contributed by atoms with van der Waals surface area (Å²) < 4.78 is 10.8. The van der Waals surface area contributed by atoms with Crippen LogP contribution in [0.4, 0.5) is 11.5 Å². The third-order valence-electron chi connectivity index (χ3n) is 3.98. The van der Waals surface area contributed by atoms with Gasteiger partial charge in [-0.2, -0.15) is 0 Å². The molecule has 2 aromatic carbocycles. The molecule has 3 aromatic rings. The molecular formula is C21H22N4O3. The van der Waals surface area contributed by atoms with Crippen LogP contribution in [0.25, 0.3) is 0 Å². The van der Waals surface area contributed by atoms with E-state index in [1.165, 1.54) is 0 Å². The number of nitrogens with one attached hydrogen (secondary N) is 2. The van der Waals surface area contributed by atoms with Gasteiger partial charge in [0.25, 0.3) is 5.91 Å². The fraction of sp³-hybridized carbons (Fsp3) is 0.190. The van der Waals surface area contributed by atoms with Crippen LogP contribution in [0, 0.1) is 0 Å². The number of anilines is 2. The molecule has 0 spiro atoms. The lowest BCUT2D eigenvalue weighted by Gasteiger charge is -2.11. The standard InChI is InChI=1S/C21H22N4O3/c1-3-28-19-11-7-5-9-16(19)23-21(26)17-12-13-20(25-24-17)22-14-15-8-4-6-10-18(15)27-2/h4-13H,3,14H2,1-2H3,(H,22,25)(H,23,26). The molecule has 1 amide bonds. The second kappa shape index (κ2) is 9.36. The number of hydrogen-bond acceptors (Lipinski definition) is 6. The second-order valence-corrected chi connectivity index (χ2v) is 5.85. The van der Waals surface area contributed by atoms with Gasteiger partial charge in [-0.15, -0.1) is 10.2 Å². The Hall–Kier alpha value is -3.61. The van der Waals surface area contributed by atoms with Crippen LogP contribution in [-0.2, 0) is 6.54 Å². The van der Waals surface area contributed by atoms with Crippen molar-refractivity contribution in [3.05, 3.63) is 71.9 Å². The monoisotopic (exact) mass is 378 g/mol. The van der Waals surface area contributed by atoms with Crippen LogP contribution in [0.15, 0.2) is 60.7 Å². The highest BCUT2D eigenvalue weighted by Crippen LogP contribution is 2.24. The Morgan fingerprint density at radius 1 is 0.964 bits per heavy atom. The number of benzene rings is 2. The van der Waals surface area contributed by atoms with Crippen LogP contribution >= 0.6 is 0 Å². The summed E-state index contributed by atoms with van der Waals surface area (Å²) in [5.41, 5.74) is 1.81. The largest absolute Gasteiger partial charge is 0.496 e. The first kappa shape index (κ1) is 19.2. The fourth-order valence-corrected chi connectivity index (χ4v) is 2.62. The van der Waals surface area contributed by atoms with Gasteiger partial charge >= 0.3 is 0 Å². The maximum Gasteiger partial charge on any atom is 0.276 e. The van der Waals surface area contributed by atoms with Crippen molar-refractivity contribution in [2.24, 2.45) is 0 Å². The highest BCUT2D eigenvalue weighted by Gasteiger charge is 2.12. The van der Waals surface area contributed by atoms with Crippen molar-refractivity contribution in [2.75, 3.05) is 24.4 Å². The molecule has 144 valence electrons. The van der Waals surface area contributed by atoms with E-state index in [0.717, 1.165) is 11.3 Å². The Morgan fingerprint density at radius 3 is 2.43 bits per heavy atom. The second-order valence-electron chi connectivity index (χ2n) is 5.85. The fourth-order valence-electron chi connectivity index (χ4n) is 2.62. The van der Waals surface area contributed by atoms with Gasteiger partial charge in [0, 0.05) is 12.1 Å². The summed E-state index contributed by atoms with van der Waals surface area (Å²) in [5, 5.41) is 14.1. The van der Waals surface area contributed by atoms with Gasteiger partial charge < -0.3 is 20.1 Å². The van der Waals surface area contributed by atoms with Crippen LogP contribution in [-0.4, -0.2) is 29.8 Å². The molecule has 7 nitrogen and oxygen atoms in total. The van der Waals surface area contributed by atoms with Crippen LogP contribution in [0.2, 0.25) is 0 Å². The molecular weight excluding hydrogens is 356 g/mol. The summed E-state index contributed by atoms with van der Waals surface area (Å²) in [7, 11) is 1.63. The summed E-state index contributed by atoms with van der Waals surface area (Å²) in [6.45, 7) is 2.94. The predicted octanol–water partition coefficient (Wildman–Crippen LogP) is 3.75. The zero-order valence-corrected chi connectivity index (χ0v) is 15.8. The molecule has 0 radical (unpaired) electrons. The summed E-state index contributed by atoms with van der Waals surface area (Å²) in [6.07, 6.45) is 0. The number of aromatic nitrogens is 2. The van der Waals surface area contributed by atoms with Crippen molar-refractivity contribution in [3.8, 4) is 11.5 Å².